The molecule has 3 fully saturated rings. The van der Waals surface area contributed by atoms with Crippen molar-refractivity contribution in [1.29, 1.82) is 0 Å². The first kappa shape index (κ1) is 32.5. The van der Waals surface area contributed by atoms with Crippen LogP contribution in [0.2, 0.25) is 0 Å². The van der Waals surface area contributed by atoms with Gasteiger partial charge in [-0.2, -0.15) is 4.58 Å². The van der Waals surface area contributed by atoms with Crippen molar-refractivity contribution in [3.05, 3.63) is 47.9 Å². The van der Waals surface area contributed by atoms with Gasteiger partial charge in [0.1, 0.15) is 29.9 Å². The van der Waals surface area contributed by atoms with E-state index in [4.69, 9.17) is 23.6 Å². The molecular weight excluding hydrogens is 650 g/mol. The number of ether oxygens (including phenoxy) is 3. The van der Waals surface area contributed by atoms with Gasteiger partial charge < -0.3 is 33.5 Å². The maximum atomic E-state index is 14.1. The van der Waals surface area contributed by atoms with E-state index in [1.54, 1.807) is 30.5 Å². The molecule has 0 radical (unpaired) electrons. The number of carbonyl (C=O) groups is 1. The molecule has 50 heavy (non-hydrogen) atoms. The Balaban J connectivity index is 1.15. The van der Waals surface area contributed by atoms with E-state index in [1.807, 2.05) is 13.0 Å². The second kappa shape index (κ2) is 12.9. The molecule has 3 aromatic heterocycles. The van der Waals surface area contributed by atoms with Crippen molar-refractivity contribution in [2.75, 3.05) is 57.9 Å². The smallest absolute Gasteiger partial charge is 0.326 e. The van der Waals surface area contributed by atoms with E-state index in [2.05, 4.69) is 38.3 Å². The molecule has 12 nitrogen and oxygen atoms in total. The van der Waals surface area contributed by atoms with Crippen LogP contribution in [0.25, 0.3) is 22.1 Å². The summed E-state index contributed by atoms with van der Waals surface area (Å²) in [6.45, 7) is 5.98. The van der Waals surface area contributed by atoms with E-state index in [-0.39, 0.29) is 29.9 Å². The number of rotatable bonds is 6. The number of anilines is 1. The van der Waals surface area contributed by atoms with Crippen LogP contribution in [-0.2, 0) is 14.3 Å². The summed E-state index contributed by atoms with van der Waals surface area (Å²) in [6.07, 6.45) is 0.0988. The van der Waals surface area contributed by atoms with Gasteiger partial charge in [0.15, 0.2) is 35.1 Å². The molecule has 8 rings (SSSR count). The van der Waals surface area contributed by atoms with Gasteiger partial charge >= 0.3 is 5.97 Å². The third kappa shape index (κ3) is 5.82. The number of benzene rings is 1. The lowest BCUT2D eigenvalue weighted by molar-refractivity contribution is -0.473. The number of alkyl halides is 2. The minimum Gasteiger partial charge on any atom is -0.480 e. The average Bonchev–Trinajstić information content (AvgIpc) is 3.69. The zero-order valence-electron chi connectivity index (χ0n) is 27.8. The van der Waals surface area contributed by atoms with Crippen LogP contribution >= 0.6 is 0 Å². The summed E-state index contributed by atoms with van der Waals surface area (Å²) in [6, 6.07) is 7.77. The monoisotopic (exact) mass is 687 g/mol. The number of hydrogen-bond acceptors (Lipinski definition) is 10. The van der Waals surface area contributed by atoms with Gasteiger partial charge in [-0.1, -0.05) is 24.0 Å². The number of hydrogen-bond donors (Lipinski definition) is 1. The Hall–Kier alpha value is -4.71. The van der Waals surface area contributed by atoms with Crippen LogP contribution in [0.1, 0.15) is 44.0 Å². The van der Waals surface area contributed by atoms with E-state index >= 15 is 0 Å². The molecule has 0 amide bonds. The molecule has 7 heterocycles. The standard InChI is InChI=1S/C36H36F2N6O6/c1-21-36(19-47-20-36)48-14-13-43(21)26-15-23(8-7-22-9-11-42(2)12-10-22)17-39-34(26)49-24-16-27(35(45)46)44(18-24)33-30-29(40-32(41-33)31(37)38)25-5-3-4-6-28(25)50-30/h3-6,15,17,22,24,27,31H,9-14,16,18-20H2,1-2H3/p+1/t24-,27-/m0/s1. The molecule has 2 atom stereocenters. The molecule has 4 aromatic rings. The molecule has 14 heteroatoms. The molecule has 4 aliphatic rings. The van der Waals surface area contributed by atoms with Gasteiger partial charge in [-0.05, 0) is 45.1 Å². The van der Waals surface area contributed by atoms with E-state index in [1.165, 1.54) is 4.90 Å². The number of furan rings is 1. The lowest BCUT2D eigenvalue weighted by Gasteiger charge is -2.41. The largest absolute Gasteiger partial charge is 0.480 e. The van der Waals surface area contributed by atoms with Crippen molar-refractivity contribution in [3.8, 4) is 17.7 Å². The Labute approximate surface area is 286 Å². The van der Waals surface area contributed by atoms with Crippen molar-refractivity contribution >= 4 is 45.3 Å². The molecule has 3 saturated heterocycles. The van der Waals surface area contributed by atoms with Crippen molar-refractivity contribution in [1.82, 2.24) is 19.9 Å². The molecule has 1 aromatic carbocycles. The number of piperidine rings is 1. The summed E-state index contributed by atoms with van der Waals surface area (Å²) in [5.41, 5.74) is 2.64. The molecule has 0 bridgehead atoms. The van der Waals surface area contributed by atoms with E-state index in [9.17, 15) is 18.7 Å². The van der Waals surface area contributed by atoms with Crippen molar-refractivity contribution in [2.24, 2.45) is 5.92 Å². The lowest BCUT2D eigenvalue weighted by Crippen LogP contribution is -2.62. The highest BCUT2D eigenvalue weighted by molar-refractivity contribution is 6.06. The van der Waals surface area contributed by atoms with Crippen LogP contribution in [0, 0.1) is 17.8 Å². The molecular formula is C36H37F2N6O6+. The van der Waals surface area contributed by atoms with E-state index in [0.29, 0.717) is 54.8 Å². The minimum atomic E-state index is -2.98. The molecule has 260 valence electrons. The number of pyridine rings is 1. The highest BCUT2D eigenvalue weighted by Crippen LogP contribution is 2.39. The van der Waals surface area contributed by atoms with Crippen LogP contribution in [0.3, 0.4) is 0 Å². The second-order valence-corrected chi connectivity index (χ2v) is 13.4. The van der Waals surface area contributed by atoms with Crippen LogP contribution in [0.15, 0.2) is 40.9 Å². The average molecular weight is 688 g/mol. The first-order chi connectivity index (χ1) is 24.2. The predicted molar refractivity (Wildman–Crippen MR) is 178 cm³/mol. The van der Waals surface area contributed by atoms with Crippen LogP contribution in [-0.4, -0.2) is 112 Å². The fourth-order valence-corrected chi connectivity index (χ4v) is 7.26. The number of fused-ring (bicyclic) bond motifs is 3. The first-order valence-corrected chi connectivity index (χ1v) is 16.9. The fraction of sp³-hybridized carbons (Fsp3) is 0.472. The summed E-state index contributed by atoms with van der Waals surface area (Å²) in [4.78, 5) is 29.4. The Morgan fingerprint density at radius 2 is 2.00 bits per heavy atom. The van der Waals surface area contributed by atoms with Gasteiger partial charge in [-0.3, -0.25) is 0 Å². The van der Waals surface area contributed by atoms with Crippen LogP contribution in [0.4, 0.5) is 20.3 Å². The van der Waals surface area contributed by atoms with Gasteiger partial charge in [0.05, 0.1) is 19.8 Å². The zero-order chi connectivity index (χ0) is 34.6. The topological polar surface area (TPSA) is 126 Å². The van der Waals surface area contributed by atoms with Crippen LogP contribution < -0.4 is 9.64 Å². The zero-order valence-corrected chi connectivity index (χ0v) is 27.8. The number of aromatic nitrogens is 3. The Bertz CT molecular complexity index is 2060. The maximum absolute atomic E-state index is 14.1. The number of likely N-dealkylation sites (tertiary alicyclic amines) is 1. The molecule has 0 aliphatic carbocycles. The SMILES string of the molecule is CC1=[N+](c2cc(C#CC3CCN(C)CC3)cnc2O[C@H]2C[C@@H](C(=O)O)N(c3nc(C(F)F)nc4c3oc3ccccc34)C2)CCOC12COC2. The third-order valence-electron chi connectivity index (χ3n) is 10.2. The summed E-state index contributed by atoms with van der Waals surface area (Å²) in [7, 11) is 2.12. The normalized spacial score (nSPS) is 22.7. The highest BCUT2D eigenvalue weighted by Gasteiger charge is 2.51. The van der Waals surface area contributed by atoms with Gasteiger partial charge in [0.25, 0.3) is 18.0 Å². The van der Waals surface area contributed by atoms with E-state index < -0.39 is 36.0 Å². The number of carboxylic acid groups (broad SMARTS) is 1. The Kier molecular flexibility index (Phi) is 8.37. The molecule has 0 saturated carbocycles. The number of aliphatic carboxylic acids is 1. The fourth-order valence-electron chi connectivity index (χ4n) is 7.26. The van der Waals surface area contributed by atoms with Gasteiger partial charge in [0.2, 0.25) is 0 Å². The quantitative estimate of drug-likeness (QED) is 0.229. The number of carboxylic acids is 1. The molecule has 1 N–H and O–H groups in total. The van der Waals surface area contributed by atoms with Crippen molar-refractivity contribution in [3.63, 3.8) is 0 Å². The summed E-state index contributed by atoms with van der Waals surface area (Å²) in [5, 5.41) is 10.9. The first-order valence-electron chi connectivity index (χ1n) is 16.9. The molecule has 0 unspecified atom stereocenters. The molecule has 1 spiro atoms. The lowest BCUT2D eigenvalue weighted by atomic mass is 9.94. The number of halogens is 2. The van der Waals surface area contributed by atoms with Gasteiger partial charge in [-0.25, -0.2) is 28.5 Å². The van der Waals surface area contributed by atoms with Crippen molar-refractivity contribution in [2.45, 2.75) is 50.4 Å². The van der Waals surface area contributed by atoms with Crippen molar-refractivity contribution < 1.29 is 41.9 Å². The number of nitrogens with zero attached hydrogens (tertiary/aromatic N) is 6. The Morgan fingerprint density at radius 1 is 1.20 bits per heavy atom. The predicted octanol–water partition coefficient (Wildman–Crippen LogP) is 4.42. The van der Waals surface area contributed by atoms with E-state index in [0.717, 1.165) is 37.2 Å². The second-order valence-electron chi connectivity index (χ2n) is 13.4. The Morgan fingerprint density at radius 3 is 2.74 bits per heavy atom. The summed E-state index contributed by atoms with van der Waals surface area (Å²) in [5.74, 6) is 5.52. The molecule has 4 aliphatic heterocycles. The maximum Gasteiger partial charge on any atom is 0.326 e. The third-order valence-corrected chi connectivity index (χ3v) is 10.2. The number of para-hydroxylation sites is 1. The van der Waals surface area contributed by atoms with Crippen LogP contribution in [0.5, 0.6) is 5.88 Å². The highest BCUT2D eigenvalue weighted by atomic mass is 19.3. The van der Waals surface area contributed by atoms with Gasteiger partial charge in [0, 0.05) is 42.5 Å². The summed E-state index contributed by atoms with van der Waals surface area (Å²) < 4.78 is 54.5. The van der Waals surface area contributed by atoms with Gasteiger partial charge in [-0.15, -0.1) is 0 Å². The summed E-state index contributed by atoms with van der Waals surface area (Å²) >= 11 is 0. The minimum absolute atomic E-state index is 0.0167.